The minimum absolute atomic E-state index is 0.0972. The third kappa shape index (κ3) is 4.25. The number of amides is 2. The molecule has 0 bridgehead atoms. The second-order valence-electron chi connectivity index (χ2n) is 6.40. The van der Waals surface area contributed by atoms with Gasteiger partial charge in [-0.05, 0) is 62.3 Å². The fraction of sp³-hybridized carbons (Fsp3) is 0.400. The van der Waals surface area contributed by atoms with E-state index in [-0.39, 0.29) is 5.91 Å². The molecule has 1 aromatic heterocycles. The average molecular weight is 372 g/mol. The molecule has 0 aliphatic heterocycles. The Hall–Kier alpha value is -2.34. The van der Waals surface area contributed by atoms with Crippen LogP contribution in [-0.2, 0) is 24.1 Å². The highest BCUT2D eigenvalue weighted by Gasteiger charge is 2.24. The van der Waals surface area contributed by atoms with E-state index in [1.54, 1.807) is 0 Å². The van der Waals surface area contributed by atoms with Crippen LogP contribution in [0.5, 0.6) is 5.75 Å². The zero-order valence-corrected chi connectivity index (χ0v) is 15.8. The summed E-state index contributed by atoms with van der Waals surface area (Å²) >= 11 is 1.50. The average Bonchev–Trinajstić information content (AvgIpc) is 2.99. The summed E-state index contributed by atoms with van der Waals surface area (Å²) in [6, 6.07) is 7.76. The summed E-state index contributed by atoms with van der Waals surface area (Å²) in [4.78, 5) is 25.4. The fourth-order valence-electron chi connectivity index (χ4n) is 3.28. The van der Waals surface area contributed by atoms with Gasteiger partial charge in [0.15, 0.2) is 0 Å². The van der Waals surface area contributed by atoms with Crippen LogP contribution in [0.25, 0.3) is 0 Å². The smallest absolute Gasteiger partial charge is 0.251 e. The number of carbonyl (C=O) groups excluding carboxylic acids is 2. The molecule has 3 rings (SSSR count). The molecule has 1 heterocycles. The fourth-order valence-corrected chi connectivity index (χ4v) is 4.59. The Bertz CT molecular complexity index is 796. The number of thiophene rings is 1. The highest BCUT2D eigenvalue weighted by molar-refractivity contribution is 7.17. The first-order valence-electron chi connectivity index (χ1n) is 9.04. The lowest BCUT2D eigenvalue weighted by Crippen LogP contribution is -2.18. The summed E-state index contributed by atoms with van der Waals surface area (Å²) in [5.74, 6) is 0.280. The molecular weight excluding hydrogens is 348 g/mol. The van der Waals surface area contributed by atoms with Gasteiger partial charge in [0.05, 0.1) is 12.2 Å². The maximum atomic E-state index is 12.4. The molecule has 0 radical (unpaired) electrons. The van der Waals surface area contributed by atoms with Gasteiger partial charge in [0.25, 0.3) is 5.91 Å². The van der Waals surface area contributed by atoms with Crippen LogP contribution >= 0.6 is 11.3 Å². The molecule has 0 saturated carbocycles. The molecular formula is C20H24N2O3S. The van der Waals surface area contributed by atoms with Crippen LogP contribution in [-0.4, -0.2) is 18.4 Å². The first kappa shape index (κ1) is 18.5. The third-order valence-corrected chi connectivity index (χ3v) is 5.75. The van der Waals surface area contributed by atoms with Crippen LogP contribution in [0.1, 0.15) is 52.5 Å². The Morgan fingerprint density at radius 1 is 1.19 bits per heavy atom. The quantitative estimate of drug-likeness (QED) is 0.777. The lowest BCUT2D eigenvalue weighted by molar-refractivity contribution is -0.116. The number of aryl methyl sites for hydroxylation is 2. The molecule has 3 N–H and O–H groups in total. The second-order valence-corrected chi connectivity index (χ2v) is 7.51. The van der Waals surface area contributed by atoms with Crippen molar-refractivity contribution in [2.75, 3.05) is 11.9 Å². The van der Waals surface area contributed by atoms with E-state index >= 15 is 0 Å². The van der Waals surface area contributed by atoms with Gasteiger partial charge in [-0.1, -0.05) is 12.1 Å². The van der Waals surface area contributed by atoms with Gasteiger partial charge in [-0.2, -0.15) is 0 Å². The van der Waals surface area contributed by atoms with E-state index in [9.17, 15) is 9.59 Å². The minimum Gasteiger partial charge on any atom is -0.494 e. The standard InChI is InChI=1S/C20H24N2O3S/c1-2-25-14-10-7-13(8-11-14)9-12-17(23)22-20-18(19(21)24)15-5-3-4-6-16(15)26-20/h7-8,10-11H,2-6,9,12H2,1H3,(H2,21,24)(H,22,23). The molecule has 1 aliphatic carbocycles. The van der Waals surface area contributed by atoms with Crippen molar-refractivity contribution in [1.29, 1.82) is 0 Å². The SMILES string of the molecule is CCOc1ccc(CCC(=O)Nc2sc3c(c2C(N)=O)CCCC3)cc1. The van der Waals surface area contributed by atoms with Gasteiger partial charge in [0.1, 0.15) is 10.8 Å². The highest BCUT2D eigenvalue weighted by atomic mass is 32.1. The predicted molar refractivity (Wildman–Crippen MR) is 104 cm³/mol. The van der Waals surface area contributed by atoms with Crippen LogP contribution in [0, 0.1) is 0 Å². The lowest BCUT2D eigenvalue weighted by Gasteiger charge is -2.11. The molecule has 0 unspecified atom stereocenters. The van der Waals surface area contributed by atoms with E-state index in [0.29, 0.717) is 30.0 Å². The zero-order chi connectivity index (χ0) is 18.5. The third-order valence-electron chi connectivity index (χ3n) is 4.55. The number of nitrogens with one attached hydrogen (secondary N) is 1. The molecule has 6 heteroatoms. The van der Waals surface area contributed by atoms with Crippen molar-refractivity contribution >= 4 is 28.2 Å². The summed E-state index contributed by atoms with van der Waals surface area (Å²) in [6.07, 6.45) is 5.00. The Balaban J connectivity index is 1.63. The summed E-state index contributed by atoms with van der Waals surface area (Å²) in [5, 5.41) is 3.52. The van der Waals surface area contributed by atoms with Crippen molar-refractivity contribution in [3.63, 3.8) is 0 Å². The van der Waals surface area contributed by atoms with Gasteiger partial charge in [-0.25, -0.2) is 0 Å². The predicted octanol–water partition coefficient (Wildman–Crippen LogP) is 3.70. The Morgan fingerprint density at radius 3 is 2.62 bits per heavy atom. The molecule has 5 nitrogen and oxygen atoms in total. The largest absolute Gasteiger partial charge is 0.494 e. The highest BCUT2D eigenvalue weighted by Crippen LogP contribution is 2.37. The number of benzene rings is 1. The summed E-state index contributed by atoms with van der Waals surface area (Å²) < 4.78 is 5.42. The maximum Gasteiger partial charge on any atom is 0.251 e. The first-order valence-corrected chi connectivity index (χ1v) is 9.86. The topological polar surface area (TPSA) is 81.4 Å². The molecule has 0 saturated heterocycles. The van der Waals surface area contributed by atoms with Crippen molar-refractivity contribution in [1.82, 2.24) is 0 Å². The van der Waals surface area contributed by atoms with Gasteiger partial charge in [0.2, 0.25) is 5.91 Å². The second kappa shape index (κ2) is 8.36. The Morgan fingerprint density at radius 2 is 1.92 bits per heavy atom. The van der Waals surface area contributed by atoms with Crippen molar-refractivity contribution in [3.05, 3.63) is 45.8 Å². The van der Waals surface area contributed by atoms with Crippen LogP contribution in [0.2, 0.25) is 0 Å². The Labute approximate surface area is 157 Å². The first-order chi connectivity index (χ1) is 12.6. The number of primary amides is 1. The minimum atomic E-state index is -0.453. The van der Waals surface area contributed by atoms with Crippen LogP contribution in [0.4, 0.5) is 5.00 Å². The normalized spacial score (nSPS) is 13.1. The van der Waals surface area contributed by atoms with E-state index in [2.05, 4.69) is 5.32 Å². The van der Waals surface area contributed by atoms with Gasteiger partial charge >= 0.3 is 0 Å². The number of fused-ring (bicyclic) bond motifs is 1. The number of anilines is 1. The monoisotopic (exact) mass is 372 g/mol. The van der Waals surface area contributed by atoms with Gasteiger partial charge in [-0.3, -0.25) is 9.59 Å². The summed E-state index contributed by atoms with van der Waals surface area (Å²) in [5.41, 5.74) is 8.19. The molecule has 0 atom stereocenters. The molecule has 2 amide bonds. The van der Waals surface area contributed by atoms with Crippen LogP contribution in [0.15, 0.2) is 24.3 Å². The van der Waals surface area contributed by atoms with Gasteiger partial charge < -0.3 is 15.8 Å². The summed E-state index contributed by atoms with van der Waals surface area (Å²) in [7, 11) is 0. The summed E-state index contributed by atoms with van der Waals surface area (Å²) in [6.45, 7) is 2.58. The number of nitrogens with two attached hydrogens (primary N) is 1. The van der Waals surface area contributed by atoms with Gasteiger partial charge in [0, 0.05) is 11.3 Å². The number of hydrogen-bond donors (Lipinski definition) is 2. The van der Waals surface area contributed by atoms with E-state index in [0.717, 1.165) is 42.6 Å². The number of carbonyl (C=O) groups is 2. The van der Waals surface area contributed by atoms with E-state index in [1.165, 1.54) is 16.2 Å². The zero-order valence-electron chi connectivity index (χ0n) is 15.0. The van der Waals surface area contributed by atoms with Crippen molar-refractivity contribution in [2.45, 2.75) is 45.4 Å². The number of ether oxygens (including phenoxy) is 1. The molecule has 2 aromatic rings. The van der Waals surface area contributed by atoms with E-state index < -0.39 is 5.91 Å². The number of hydrogen-bond acceptors (Lipinski definition) is 4. The Kier molecular flexibility index (Phi) is 5.93. The molecule has 26 heavy (non-hydrogen) atoms. The molecule has 0 spiro atoms. The van der Waals surface area contributed by atoms with E-state index in [4.69, 9.17) is 10.5 Å². The van der Waals surface area contributed by atoms with Crippen molar-refractivity contribution < 1.29 is 14.3 Å². The van der Waals surface area contributed by atoms with Crippen molar-refractivity contribution in [2.24, 2.45) is 5.73 Å². The van der Waals surface area contributed by atoms with Gasteiger partial charge in [-0.15, -0.1) is 11.3 Å². The van der Waals surface area contributed by atoms with Crippen LogP contribution < -0.4 is 15.8 Å². The molecule has 0 fully saturated rings. The van der Waals surface area contributed by atoms with Crippen LogP contribution in [0.3, 0.4) is 0 Å². The molecule has 138 valence electrons. The maximum absolute atomic E-state index is 12.4. The number of rotatable bonds is 7. The van der Waals surface area contributed by atoms with Crippen molar-refractivity contribution in [3.8, 4) is 5.75 Å². The molecule has 1 aliphatic rings. The van der Waals surface area contributed by atoms with E-state index in [1.807, 2.05) is 31.2 Å². The molecule has 1 aromatic carbocycles. The lowest BCUT2D eigenvalue weighted by atomic mass is 9.95.